The van der Waals surface area contributed by atoms with Gasteiger partial charge in [-0.2, -0.15) is 0 Å². The predicted octanol–water partition coefficient (Wildman–Crippen LogP) is 5.71. The van der Waals surface area contributed by atoms with E-state index in [0.29, 0.717) is 0 Å². The lowest BCUT2D eigenvalue weighted by Gasteiger charge is -2.05. The highest BCUT2D eigenvalue weighted by molar-refractivity contribution is 5.80. The van der Waals surface area contributed by atoms with Crippen LogP contribution in [0, 0.1) is 10.8 Å². The average Bonchev–Trinajstić information content (AvgIpc) is 2.88. The van der Waals surface area contributed by atoms with Gasteiger partial charge in [0.1, 0.15) is 0 Å². The summed E-state index contributed by atoms with van der Waals surface area (Å²) in [5.74, 6) is 0. The van der Waals surface area contributed by atoms with E-state index in [1.807, 2.05) is 0 Å². The Bertz CT molecular complexity index is 652. The van der Waals surface area contributed by atoms with Crippen LogP contribution >= 0.6 is 0 Å². The fourth-order valence-corrected chi connectivity index (χ4v) is 2.99. The summed E-state index contributed by atoms with van der Waals surface area (Å²) >= 11 is 0. The molecular formula is C21H22. The normalized spacial score (nSPS) is 18.0. The molecule has 0 aliphatic heterocycles. The zero-order valence-electron chi connectivity index (χ0n) is 13.3. The molecule has 0 radical (unpaired) electrons. The lowest BCUT2D eigenvalue weighted by atomic mass is 9.98. The van der Waals surface area contributed by atoms with Crippen molar-refractivity contribution in [2.24, 2.45) is 10.8 Å². The Balaban J connectivity index is 2.23. The summed E-state index contributed by atoms with van der Waals surface area (Å²) in [6.07, 6.45) is 0. The van der Waals surface area contributed by atoms with Crippen LogP contribution in [0.1, 0.15) is 38.8 Å². The predicted molar refractivity (Wildman–Crippen MR) is 90.0 cm³/mol. The molecule has 0 heterocycles. The molecule has 0 heteroatoms. The van der Waals surface area contributed by atoms with E-state index < -0.39 is 0 Å². The Morgan fingerprint density at radius 3 is 1.38 bits per heavy atom. The minimum absolute atomic E-state index is 0.238. The van der Waals surface area contributed by atoms with Gasteiger partial charge in [0.2, 0.25) is 0 Å². The molecule has 3 rings (SSSR count). The lowest BCUT2D eigenvalue weighted by Crippen LogP contribution is -1.95. The molecule has 0 saturated heterocycles. The molecule has 106 valence electrons. The highest BCUT2D eigenvalue weighted by Gasteiger charge is 2.60. The first kappa shape index (κ1) is 13.9. The minimum Gasteiger partial charge on any atom is -0.111 e. The van der Waals surface area contributed by atoms with E-state index in [2.05, 4.69) is 94.1 Å². The third-order valence-corrected chi connectivity index (χ3v) is 5.12. The standard InChI is InChI=1S/C21H22/c1-20(2)19(21(20,3)4)15-18(16-11-7-5-8-12-16)17-13-9-6-10-14-17/h5-14H,1-4H3. The van der Waals surface area contributed by atoms with Gasteiger partial charge >= 0.3 is 0 Å². The third-order valence-electron chi connectivity index (χ3n) is 5.12. The van der Waals surface area contributed by atoms with Crippen LogP contribution in [-0.4, -0.2) is 0 Å². The topological polar surface area (TPSA) is 0 Å². The summed E-state index contributed by atoms with van der Waals surface area (Å²) in [4.78, 5) is 0. The van der Waals surface area contributed by atoms with Crippen LogP contribution in [0.5, 0.6) is 0 Å². The number of rotatable bonds is 2. The molecule has 0 aromatic heterocycles. The van der Waals surface area contributed by atoms with Crippen LogP contribution in [0.15, 0.2) is 72.0 Å². The first-order valence-electron chi connectivity index (χ1n) is 7.57. The van der Waals surface area contributed by atoms with Crippen molar-refractivity contribution in [1.82, 2.24) is 0 Å². The highest BCUT2D eigenvalue weighted by atomic mass is 14.6. The summed E-state index contributed by atoms with van der Waals surface area (Å²) in [6, 6.07) is 21.1. The van der Waals surface area contributed by atoms with Crippen molar-refractivity contribution in [3.05, 3.63) is 83.1 Å². The van der Waals surface area contributed by atoms with Crippen molar-refractivity contribution in [3.63, 3.8) is 0 Å². The van der Waals surface area contributed by atoms with E-state index in [-0.39, 0.29) is 10.8 Å². The number of hydrogen-bond acceptors (Lipinski definition) is 0. The Morgan fingerprint density at radius 1 is 0.667 bits per heavy atom. The molecule has 1 aliphatic rings. The average molecular weight is 274 g/mol. The smallest absolute Gasteiger partial charge is 0.0309 e. The van der Waals surface area contributed by atoms with Gasteiger partial charge in [0.05, 0.1) is 0 Å². The van der Waals surface area contributed by atoms with Crippen LogP contribution in [0.3, 0.4) is 0 Å². The second-order valence-corrected chi connectivity index (χ2v) is 6.86. The Morgan fingerprint density at radius 2 is 1.05 bits per heavy atom. The van der Waals surface area contributed by atoms with Crippen molar-refractivity contribution in [2.75, 3.05) is 0 Å². The van der Waals surface area contributed by atoms with Crippen LogP contribution in [0.2, 0.25) is 0 Å². The molecule has 1 saturated carbocycles. The Labute approximate surface area is 127 Å². The number of hydrogen-bond donors (Lipinski definition) is 0. The SMILES string of the molecule is CC1(C)C(=C=C(c2ccccc2)c2ccccc2)C1(C)C. The van der Waals surface area contributed by atoms with Gasteiger partial charge in [-0.15, -0.1) is 5.73 Å². The third kappa shape index (κ3) is 2.26. The van der Waals surface area contributed by atoms with Crippen LogP contribution in [0.25, 0.3) is 5.57 Å². The molecule has 2 aromatic carbocycles. The van der Waals surface area contributed by atoms with Crippen molar-refractivity contribution in [1.29, 1.82) is 0 Å². The molecule has 0 nitrogen and oxygen atoms in total. The summed E-state index contributed by atoms with van der Waals surface area (Å²) in [5, 5.41) is 0. The summed E-state index contributed by atoms with van der Waals surface area (Å²) in [5.41, 5.74) is 9.29. The molecule has 2 aromatic rings. The molecule has 0 bridgehead atoms. The van der Waals surface area contributed by atoms with E-state index in [4.69, 9.17) is 0 Å². The molecule has 0 atom stereocenters. The van der Waals surface area contributed by atoms with Crippen LogP contribution in [-0.2, 0) is 0 Å². The van der Waals surface area contributed by atoms with Gasteiger partial charge in [0.15, 0.2) is 0 Å². The van der Waals surface area contributed by atoms with E-state index in [0.717, 1.165) is 0 Å². The first-order chi connectivity index (χ1) is 9.94. The fourth-order valence-electron chi connectivity index (χ4n) is 2.99. The molecular weight excluding hydrogens is 252 g/mol. The Kier molecular flexibility index (Phi) is 3.15. The molecule has 0 amide bonds. The summed E-state index contributed by atoms with van der Waals surface area (Å²) < 4.78 is 0. The minimum atomic E-state index is 0.238. The monoisotopic (exact) mass is 274 g/mol. The fraction of sp³-hybridized carbons (Fsp3) is 0.286. The zero-order valence-corrected chi connectivity index (χ0v) is 13.3. The molecule has 0 spiro atoms. The maximum atomic E-state index is 3.74. The first-order valence-corrected chi connectivity index (χ1v) is 7.57. The van der Waals surface area contributed by atoms with Crippen LogP contribution in [0.4, 0.5) is 0 Å². The highest BCUT2D eigenvalue weighted by Crippen LogP contribution is 2.67. The maximum Gasteiger partial charge on any atom is 0.0309 e. The van der Waals surface area contributed by atoms with E-state index in [1.165, 1.54) is 22.3 Å². The number of allylic oxidation sites excluding steroid dienone is 1. The largest absolute Gasteiger partial charge is 0.111 e. The van der Waals surface area contributed by atoms with E-state index >= 15 is 0 Å². The lowest BCUT2D eigenvalue weighted by molar-refractivity contribution is 0.457. The maximum absolute atomic E-state index is 3.74. The second-order valence-electron chi connectivity index (χ2n) is 6.86. The van der Waals surface area contributed by atoms with Crippen molar-refractivity contribution in [3.8, 4) is 0 Å². The van der Waals surface area contributed by atoms with Crippen molar-refractivity contribution in [2.45, 2.75) is 27.7 Å². The van der Waals surface area contributed by atoms with Gasteiger partial charge in [-0.05, 0) is 16.7 Å². The number of benzene rings is 2. The van der Waals surface area contributed by atoms with Gasteiger partial charge in [-0.25, -0.2) is 0 Å². The molecule has 1 fully saturated rings. The van der Waals surface area contributed by atoms with Crippen LogP contribution < -0.4 is 0 Å². The molecule has 0 unspecified atom stereocenters. The second kappa shape index (κ2) is 4.76. The molecule has 21 heavy (non-hydrogen) atoms. The summed E-state index contributed by atoms with van der Waals surface area (Å²) in [6.45, 7) is 9.23. The van der Waals surface area contributed by atoms with E-state index in [9.17, 15) is 0 Å². The van der Waals surface area contributed by atoms with Crippen molar-refractivity contribution < 1.29 is 0 Å². The zero-order chi connectivity index (χ0) is 15.1. The van der Waals surface area contributed by atoms with Gasteiger partial charge in [0, 0.05) is 16.4 Å². The van der Waals surface area contributed by atoms with Gasteiger partial charge in [0.25, 0.3) is 0 Å². The molecule has 0 N–H and O–H groups in total. The molecule has 1 aliphatic carbocycles. The quantitative estimate of drug-likeness (QED) is 0.615. The van der Waals surface area contributed by atoms with Gasteiger partial charge in [-0.1, -0.05) is 88.4 Å². The van der Waals surface area contributed by atoms with E-state index in [1.54, 1.807) is 0 Å². The summed E-state index contributed by atoms with van der Waals surface area (Å²) in [7, 11) is 0. The van der Waals surface area contributed by atoms with Gasteiger partial charge < -0.3 is 0 Å². The Hall–Kier alpha value is -2.04. The van der Waals surface area contributed by atoms with Crippen molar-refractivity contribution >= 4 is 5.57 Å². The van der Waals surface area contributed by atoms with Gasteiger partial charge in [-0.3, -0.25) is 0 Å².